The summed E-state index contributed by atoms with van der Waals surface area (Å²) in [7, 11) is 1.92. The van der Waals surface area contributed by atoms with Gasteiger partial charge in [0.1, 0.15) is 0 Å². The third kappa shape index (κ3) is 2.71. The number of aromatic nitrogens is 3. The first-order chi connectivity index (χ1) is 8.33. The third-order valence-electron chi connectivity index (χ3n) is 2.78. The Hall–Kier alpha value is -1.68. The summed E-state index contributed by atoms with van der Waals surface area (Å²) in [4.78, 5) is 0. The molecule has 2 aromatic rings. The van der Waals surface area contributed by atoms with E-state index in [1.807, 2.05) is 24.0 Å². The molecular weight excluding hydrogens is 212 g/mol. The smallest absolute Gasteiger partial charge is 0.0798 e. The van der Waals surface area contributed by atoms with Gasteiger partial charge in [-0.3, -0.25) is 4.68 Å². The van der Waals surface area contributed by atoms with E-state index in [9.17, 15) is 0 Å². The van der Waals surface area contributed by atoms with Crippen LogP contribution in [0.2, 0.25) is 0 Å². The monoisotopic (exact) mass is 230 g/mol. The van der Waals surface area contributed by atoms with Crippen molar-refractivity contribution in [2.75, 3.05) is 6.54 Å². The van der Waals surface area contributed by atoms with Gasteiger partial charge in [-0.25, -0.2) is 0 Å². The van der Waals surface area contributed by atoms with E-state index >= 15 is 0 Å². The van der Waals surface area contributed by atoms with E-state index in [4.69, 9.17) is 0 Å². The molecule has 0 amide bonds. The molecule has 1 unspecified atom stereocenters. The molecule has 1 heterocycles. The lowest BCUT2D eigenvalue weighted by Crippen LogP contribution is -2.25. The zero-order valence-electron chi connectivity index (χ0n) is 10.3. The van der Waals surface area contributed by atoms with Gasteiger partial charge in [0.2, 0.25) is 0 Å². The van der Waals surface area contributed by atoms with Crippen LogP contribution in [0.25, 0.3) is 0 Å². The van der Waals surface area contributed by atoms with E-state index in [2.05, 4.69) is 46.8 Å². The average Bonchev–Trinajstić information content (AvgIpc) is 2.78. The van der Waals surface area contributed by atoms with Crippen LogP contribution in [-0.2, 0) is 7.05 Å². The average molecular weight is 230 g/mol. The van der Waals surface area contributed by atoms with Crippen LogP contribution in [0.1, 0.15) is 30.6 Å². The fourth-order valence-electron chi connectivity index (χ4n) is 1.89. The van der Waals surface area contributed by atoms with Crippen LogP contribution in [0, 0.1) is 0 Å². The van der Waals surface area contributed by atoms with Crippen LogP contribution in [0.4, 0.5) is 0 Å². The predicted octanol–water partition coefficient (Wildman–Crippen LogP) is 1.90. The number of aryl methyl sites for hydroxylation is 1. The number of benzene rings is 1. The molecule has 1 N–H and O–H groups in total. The van der Waals surface area contributed by atoms with Gasteiger partial charge in [-0.05, 0) is 18.5 Å². The van der Waals surface area contributed by atoms with Gasteiger partial charge >= 0.3 is 0 Å². The van der Waals surface area contributed by atoms with Crippen LogP contribution >= 0.6 is 0 Å². The van der Waals surface area contributed by atoms with Crippen LogP contribution in [-0.4, -0.2) is 21.5 Å². The summed E-state index contributed by atoms with van der Waals surface area (Å²) in [5, 5.41) is 11.5. The maximum atomic E-state index is 4.00. The zero-order valence-corrected chi connectivity index (χ0v) is 10.3. The second-order valence-electron chi connectivity index (χ2n) is 4.08. The Kier molecular flexibility index (Phi) is 3.88. The summed E-state index contributed by atoms with van der Waals surface area (Å²) in [6.45, 7) is 3.14. The lowest BCUT2D eigenvalue weighted by Gasteiger charge is -2.18. The van der Waals surface area contributed by atoms with Crippen molar-refractivity contribution in [2.45, 2.75) is 19.4 Å². The van der Waals surface area contributed by atoms with E-state index in [1.165, 1.54) is 5.56 Å². The van der Waals surface area contributed by atoms with Gasteiger partial charge in [0.05, 0.1) is 17.9 Å². The highest BCUT2D eigenvalue weighted by molar-refractivity contribution is 5.26. The van der Waals surface area contributed by atoms with Gasteiger partial charge in [-0.15, -0.1) is 5.10 Å². The van der Waals surface area contributed by atoms with Gasteiger partial charge in [-0.1, -0.05) is 42.5 Å². The fourth-order valence-corrected chi connectivity index (χ4v) is 1.89. The fraction of sp³-hybridized carbons (Fsp3) is 0.385. The Morgan fingerprint density at radius 2 is 2.06 bits per heavy atom. The van der Waals surface area contributed by atoms with Crippen LogP contribution in [0.5, 0.6) is 0 Å². The molecule has 0 aliphatic rings. The molecule has 90 valence electrons. The van der Waals surface area contributed by atoms with Crippen molar-refractivity contribution in [3.05, 3.63) is 47.8 Å². The Bertz CT molecular complexity index is 449. The summed E-state index contributed by atoms with van der Waals surface area (Å²) in [6.07, 6.45) is 2.93. The van der Waals surface area contributed by atoms with Gasteiger partial charge in [0.25, 0.3) is 0 Å². The predicted molar refractivity (Wildman–Crippen MR) is 67.6 cm³/mol. The number of hydrogen-bond donors (Lipinski definition) is 1. The molecule has 0 aliphatic carbocycles. The molecule has 1 aromatic heterocycles. The van der Waals surface area contributed by atoms with Crippen molar-refractivity contribution in [3.8, 4) is 0 Å². The van der Waals surface area contributed by atoms with E-state index in [0.717, 1.165) is 18.7 Å². The number of nitrogens with one attached hydrogen (secondary N) is 1. The molecule has 0 fully saturated rings. The molecule has 0 bridgehead atoms. The molecule has 17 heavy (non-hydrogen) atoms. The summed E-state index contributed by atoms with van der Waals surface area (Å²) >= 11 is 0. The van der Waals surface area contributed by atoms with Gasteiger partial charge in [0, 0.05) is 7.05 Å². The molecule has 1 atom stereocenters. The van der Waals surface area contributed by atoms with Crippen LogP contribution in [0.3, 0.4) is 0 Å². The van der Waals surface area contributed by atoms with E-state index in [-0.39, 0.29) is 6.04 Å². The maximum absolute atomic E-state index is 4.00. The topological polar surface area (TPSA) is 42.7 Å². The lowest BCUT2D eigenvalue weighted by atomic mass is 10.0. The number of rotatable bonds is 5. The lowest BCUT2D eigenvalue weighted by molar-refractivity contribution is 0.550. The Morgan fingerprint density at radius 1 is 1.29 bits per heavy atom. The van der Waals surface area contributed by atoms with Crippen molar-refractivity contribution in [1.82, 2.24) is 20.3 Å². The van der Waals surface area contributed by atoms with E-state index in [1.54, 1.807) is 0 Å². The quantitative estimate of drug-likeness (QED) is 0.853. The Morgan fingerprint density at radius 3 is 2.65 bits per heavy atom. The molecule has 4 nitrogen and oxygen atoms in total. The highest BCUT2D eigenvalue weighted by Gasteiger charge is 2.16. The first-order valence-corrected chi connectivity index (χ1v) is 5.96. The molecule has 4 heteroatoms. The van der Waals surface area contributed by atoms with E-state index < -0.39 is 0 Å². The largest absolute Gasteiger partial charge is 0.305 e. The first kappa shape index (κ1) is 11.8. The SMILES string of the molecule is CCCNC(c1ccccc1)c1cnnn1C. The normalized spacial score (nSPS) is 12.6. The molecule has 0 saturated heterocycles. The minimum atomic E-state index is 0.163. The molecule has 0 spiro atoms. The second kappa shape index (κ2) is 5.59. The van der Waals surface area contributed by atoms with Crippen LogP contribution in [0.15, 0.2) is 36.5 Å². The standard InChI is InChI=1S/C13H18N4/c1-3-9-14-13(11-7-5-4-6-8-11)12-10-15-16-17(12)2/h4-8,10,13-14H,3,9H2,1-2H3. The summed E-state index contributed by atoms with van der Waals surface area (Å²) in [6, 6.07) is 10.6. The molecular formula is C13H18N4. The van der Waals surface area contributed by atoms with Crippen molar-refractivity contribution in [3.63, 3.8) is 0 Å². The highest BCUT2D eigenvalue weighted by atomic mass is 15.4. The third-order valence-corrected chi connectivity index (χ3v) is 2.78. The molecule has 0 saturated carbocycles. The van der Waals surface area contributed by atoms with Gasteiger partial charge < -0.3 is 5.32 Å². The van der Waals surface area contributed by atoms with Gasteiger partial charge in [0.15, 0.2) is 0 Å². The molecule has 0 radical (unpaired) electrons. The van der Waals surface area contributed by atoms with Gasteiger partial charge in [-0.2, -0.15) is 0 Å². The summed E-state index contributed by atoms with van der Waals surface area (Å²) in [5.41, 5.74) is 2.33. The van der Waals surface area contributed by atoms with Crippen molar-refractivity contribution in [1.29, 1.82) is 0 Å². The minimum absolute atomic E-state index is 0.163. The zero-order chi connectivity index (χ0) is 12.1. The molecule has 2 rings (SSSR count). The number of nitrogens with zero attached hydrogens (tertiary/aromatic N) is 3. The van der Waals surface area contributed by atoms with Crippen molar-refractivity contribution >= 4 is 0 Å². The second-order valence-corrected chi connectivity index (χ2v) is 4.08. The maximum Gasteiger partial charge on any atom is 0.0798 e. The Labute approximate surface area is 102 Å². The first-order valence-electron chi connectivity index (χ1n) is 5.96. The molecule has 0 aliphatic heterocycles. The molecule has 1 aromatic carbocycles. The van der Waals surface area contributed by atoms with Crippen molar-refractivity contribution in [2.24, 2.45) is 7.05 Å². The summed E-state index contributed by atoms with van der Waals surface area (Å²) in [5.74, 6) is 0. The minimum Gasteiger partial charge on any atom is -0.305 e. The van der Waals surface area contributed by atoms with Crippen molar-refractivity contribution < 1.29 is 0 Å². The highest BCUT2D eigenvalue weighted by Crippen LogP contribution is 2.20. The van der Waals surface area contributed by atoms with E-state index in [0.29, 0.717) is 0 Å². The van der Waals surface area contributed by atoms with Crippen LogP contribution < -0.4 is 5.32 Å². The Balaban J connectivity index is 2.29. The summed E-state index contributed by atoms with van der Waals surface area (Å²) < 4.78 is 1.82. The number of hydrogen-bond acceptors (Lipinski definition) is 3.